The van der Waals surface area contributed by atoms with Gasteiger partial charge in [-0.15, -0.1) is 0 Å². The van der Waals surface area contributed by atoms with Crippen LogP contribution in [0, 0.1) is 0 Å². The number of carboxylic acids is 4. The van der Waals surface area contributed by atoms with Crippen molar-refractivity contribution in [1.29, 1.82) is 0 Å². The molecular weight excluding hydrogens is 428 g/mol. The number of carbonyl (C=O) groups is 4. The first-order chi connectivity index (χ1) is 15.5. The highest BCUT2D eigenvalue weighted by atomic mass is 16.4. The lowest BCUT2D eigenvalue weighted by molar-refractivity contribution is -0.139. The molecule has 0 heterocycles. The van der Waals surface area contributed by atoms with Crippen LogP contribution in [0.3, 0.4) is 0 Å². The average molecular weight is 471 g/mol. The zero-order chi connectivity index (χ0) is 25.8. The molecule has 0 aliphatic heterocycles. The van der Waals surface area contributed by atoms with Gasteiger partial charge in [0.1, 0.15) is 0 Å². The zero-order valence-corrected chi connectivity index (χ0v) is 20.6. The highest BCUT2D eigenvalue weighted by Gasteiger charge is 2.24. The van der Waals surface area contributed by atoms with Crippen molar-refractivity contribution in [2.45, 2.75) is 111 Å². The van der Waals surface area contributed by atoms with Gasteiger partial charge >= 0.3 is 23.9 Å². The molecule has 0 unspecified atom stereocenters. The molecule has 2 aliphatic carbocycles. The number of unbranched alkanes of at least 4 members (excludes halogenated alkanes) is 2. The molecule has 8 nitrogen and oxygen atoms in total. The summed E-state index contributed by atoms with van der Waals surface area (Å²) >= 11 is 0. The molecule has 190 valence electrons. The summed E-state index contributed by atoms with van der Waals surface area (Å²) in [7, 11) is 0. The van der Waals surface area contributed by atoms with Gasteiger partial charge in [0, 0.05) is 11.1 Å². The Morgan fingerprint density at radius 1 is 0.545 bits per heavy atom. The van der Waals surface area contributed by atoms with Crippen molar-refractivity contribution < 1.29 is 39.6 Å². The topological polar surface area (TPSA) is 149 Å². The van der Waals surface area contributed by atoms with Gasteiger partial charge in [-0.05, 0) is 38.5 Å². The van der Waals surface area contributed by atoms with Crippen molar-refractivity contribution >= 4 is 23.9 Å². The van der Waals surface area contributed by atoms with Gasteiger partial charge in [0.15, 0.2) is 0 Å². The van der Waals surface area contributed by atoms with E-state index in [9.17, 15) is 19.2 Å². The van der Waals surface area contributed by atoms with E-state index >= 15 is 0 Å². The van der Waals surface area contributed by atoms with Crippen molar-refractivity contribution in [3.8, 4) is 0 Å². The van der Waals surface area contributed by atoms with Crippen molar-refractivity contribution in [1.82, 2.24) is 0 Å². The molecule has 2 aliphatic rings. The first-order valence-electron chi connectivity index (χ1n) is 11.9. The largest absolute Gasteiger partial charge is 0.481 e. The lowest BCUT2D eigenvalue weighted by Crippen LogP contribution is -2.11. The van der Waals surface area contributed by atoms with Gasteiger partial charge in [0.25, 0.3) is 0 Å². The summed E-state index contributed by atoms with van der Waals surface area (Å²) in [5, 5.41) is 34.2. The smallest absolute Gasteiger partial charge is 0.332 e. The Bertz CT molecular complexity index is 667. The minimum Gasteiger partial charge on any atom is -0.481 e. The van der Waals surface area contributed by atoms with E-state index < -0.39 is 23.9 Å². The minimum absolute atomic E-state index is 0.0671. The maximum Gasteiger partial charge on any atom is 0.332 e. The van der Waals surface area contributed by atoms with E-state index in [1.165, 1.54) is 25.7 Å². The molecule has 0 aromatic carbocycles. The molecule has 4 N–H and O–H groups in total. The summed E-state index contributed by atoms with van der Waals surface area (Å²) in [4.78, 5) is 41.8. The average Bonchev–Trinajstić information content (AvgIpc) is 3.62. The Hall–Kier alpha value is -2.64. The van der Waals surface area contributed by atoms with E-state index in [4.69, 9.17) is 20.4 Å². The number of hydrogen-bond donors (Lipinski definition) is 4. The van der Waals surface area contributed by atoms with E-state index in [2.05, 4.69) is 27.7 Å². The van der Waals surface area contributed by atoms with Gasteiger partial charge in [-0.3, -0.25) is 9.59 Å². The number of rotatable bonds is 8. The standard InChI is InChI=1S/C10H14O4.C7H8O4.2C4H10/c11-9(12)6-8(10(13)14)7-4-2-1-3-5-7;8-6(9)3-5(7(10)11)4-1-2-4;2*1-3-4-2/h1-6H2,(H,11,12)(H,13,14);1-3H2,(H,8,9)(H,10,11);2*3-4H2,1-2H3. The van der Waals surface area contributed by atoms with E-state index in [-0.39, 0.29) is 24.0 Å². The molecule has 0 radical (unpaired) electrons. The van der Waals surface area contributed by atoms with Gasteiger partial charge in [0.05, 0.1) is 12.8 Å². The van der Waals surface area contributed by atoms with Crippen LogP contribution in [0.4, 0.5) is 0 Å². The van der Waals surface area contributed by atoms with Crippen molar-refractivity contribution in [3.63, 3.8) is 0 Å². The predicted molar refractivity (Wildman–Crippen MR) is 127 cm³/mol. The normalized spacial score (nSPS) is 13.6. The number of carboxylic acid groups (broad SMARTS) is 4. The van der Waals surface area contributed by atoms with Gasteiger partial charge in [-0.2, -0.15) is 0 Å². The van der Waals surface area contributed by atoms with Crippen LogP contribution >= 0.6 is 0 Å². The molecular formula is C25H42O8. The highest BCUT2D eigenvalue weighted by Crippen LogP contribution is 2.33. The Labute approximate surface area is 197 Å². The van der Waals surface area contributed by atoms with Crippen LogP contribution in [-0.4, -0.2) is 44.3 Å². The van der Waals surface area contributed by atoms with Gasteiger partial charge < -0.3 is 20.4 Å². The van der Waals surface area contributed by atoms with Crippen LogP contribution < -0.4 is 0 Å². The van der Waals surface area contributed by atoms with Gasteiger partial charge in [0.2, 0.25) is 0 Å². The first kappa shape index (κ1) is 32.5. The molecule has 2 saturated carbocycles. The molecule has 0 aromatic heterocycles. The fraction of sp³-hybridized carbons (Fsp3) is 0.680. The zero-order valence-electron chi connectivity index (χ0n) is 20.6. The summed E-state index contributed by atoms with van der Waals surface area (Å²) in [6.07, 6.45) is 10.6. The second kappa shape index (κ2) is 20.0. The molecule has 0 amide bonds. The van der Waals surface area contributed by atoms with Crippen molar-refractivity contribution in [3.05, 3.63) is 22.3 Å². The molecule has 2 fully saturated rings. The van der Waals surface area contributed by atoms with Gasteiger partial charge in [-0.25, -0.2) is 9.59 Å². The maximum atomic E-state index is 10.8. The Morgan fingerprint density at radius 3 is 1.06 bits per heavy atom. The third kappa shape index (κ3) is 18.6. The van der Waals surface area contributed by atoms with Crippen LogP contribution in [0.1, 0.15) is 111 Å². The molecule has 0 spiro atoms. The lowest BCUT2D eigenvalue weighted by atomic mass is 9.90. The number of aliphatic carboxylic acids is 4. The van der Waals surface area contributed by atoms with Crippen molar-refractivity contribution in [2.24, 2.45) is 0 Å². The second-order valence-corrected chi connectivity index (χ2v) is 7.98. The SMILES string of the molecule is CCCC.CCCC.O=C(O)CC(C(=O)O)=C1CC1.O=C(O)CC(C(=O)O)=C1CCCCC1. The van der Waals surface area contributed by atoms with Crippen LogP contribution in [0.25, 0.3) is 0 Å². The number of allylic oxidation sites excluding steroid dienone is 2. The molecule has 0 atom stereocenters. The highest BCUT2D eigenvalue weighted by molar-refractivity contribution is 5.93. The Balaban J connectivity index is 0. The predicted octanol–water partition coefficient (Wildman–Crippen LogP) is 6.06. The fourth-order valence-electron chi connectivity index (χ4n) is 2.65. The van der Waals surface area contributed by atoms with E-state index in [0.717, 1.165) is 56.1 Å². The third-order valence-corrected chi connectivity index (χ3v) is 4.98. The lowest BCUT2D eigenvalue weighted by Gasteiger charge is -2.16. The third-order valence-electron chi connectivity index (χ3n) is 4.98. The summed E-state index contributed by atoms with van der Waals surface area (Å²) in [5.41, 5.74) is 1.76. The minimum atomic E-state index is -1.10. The second-order valence-electron chi connectivity index (χ2n) is 7.98. The summed E-state index contributed by atoms with van der Waals surface area (Å²) in [6.45, 7) is 8.72. The molecule has 0 aromatic rings. The summed E-state index contributed by atoms with van der Waals surface area (Å²) < 4.78 is 0. The van der Waals surface area contributed by atoms with E-state index in [1.807, 2.05) is 0 Å². The fourth-order valence-corrected chi connectivity index (χ4v) is 2.65. The Morgan fingerprint density at radius 2 is 0.848 bits per heavy atom. The molecule has 0 saturated heterocycles. The van der Waals surface area contributed by atoms with Crippen molar-refractivity contribution in [2.75, 3.05) is 0 Å². The molecule has 0 bridgehead atoms. The summed E-state index contributed by atoms with van der Waals surface area (Å²) in [6, 6.07) is 0. The molecule has 8 heteroatoms. The van der Waals surface area contributed by atoms with Crippen LogP contribution in [0.15, 0.2) is 22.3 Å². The number of hydrogen-bond acceptors (Lipinski definition) is 4. The first-order valence-corrected chi connectivity index (χ1v) is 11.9. The van der Waals surface area contributed by atoms with Gasteiger partial charge in [-0.1, -0.05) is 70.9 Å². The van der Waals surface area contributed by atoms with E-state index in [1.54, 1.807) is 0 Å². The van der Waals surface area contributed by atoms with Crippen LogP contribution in [0.2, 0.25) is 0 Å². The van der Waals surface area contributed by atoms with Crippen LogP contribution in [-0.2, 0) is 19.2 Å². The van der Waals surface area contributed by atoms with E-state index in [0.29, 0.717) is 0 Å². The Kier molecular flexibility index (Phi) is 19.7. The monoisotopic (exact) mass is 470 g/mol. The van der Waals surface area contributed by atoms with Crippen LogP contribution in [0.5, 0.6) is 0 Å². The molecule has 33 heavy (non-hydrogen) atoms. The maximum absolute atomic E-state index is 10.8. The molecule has 2 rings (SSSR count). The quantitative estimate of drug-likeness (QED) is 0.313. The summed E-state index contributed by atoms with van der Waals surface area (Å²) in [5.74, 6) is -4.33.